The lowest BCUT2D eigenvalue weighted by molar-refractivity contribution is -0.143. The number of aryl methyl sites for hydroxylation is 1. The van der Waals surface area contributed by atoms with Gasteiger partial charge in [-0.3, -0.25) is 10.1 Å². The normalized spacial score (nSPS) is 11.8. The van der Waals surface area contributed by atoms with Crippen molar-refractivity contribution < 1.29 is 23.1 Å². The van der Waals surface area contributed by atoms with Gasteiger partial charge in [-0.2, -0.15) is 0 Å². The minimum atomic E-state index is -0.602. The number of nitrogens with one attached hydrogen (secondary N) is 1. The Morgan fingerprint density at radius 3 is 2.47 bits per heavy atom. The van der Waals surface area contributed by atoms with E-state index < -0.39 is 12.0 Å². The lowest BCUT2D eigenvalue weighted by Crippen LogP contribution is -2.39. The van der Waals surface area contributed by atoms with Crippen LogP contribution >= 0.6 is 0 Å². The predicted octanol–water partition coefficient (Wildman–Crippen LogP) is 5.28. The van der Waals surface area contributed by atoms with Gasteiger partial charge in [0.05, 0.1) is 19.4 Å². The molecule has 4 aromatic rings. The minimum absolute atomic E-state index is 0.223. The molecule has 36 heavy (non-hydrogen) atoms. The lowest BCUT2D eigenvalue weighted by atomic mass is 10.1. The number of hydrogen-bond donors (Lipinski definition) is 1. The predicted molar refractivity (Wildman–Crippen MR) is 135 cm³/mol. The van der Waals surface area contributed by atoms with Gasteiger partial charge < -0.3 is 13.9 Å². The first kappa shape index (κ1) is 25.1. The minimum Gasteiger partial charge on any atom is -0.493 e. The Morgan fingerprint density at radius 1 is 1.03 bits per heavy atom. The number of nitrogens with zero attached hydrogens (tertiary/aromatic N) is 1. The summed E-state index contributed by atoms with van der Waals surface area (Å²) in [4.78, 5) is 16.9. The van der Waals surface area contributed by atoms with Crippen molar-refractivity contribution in [2.24, 2.45) is 0 Å². The van der Waals surface area contributed by atoms with Crippen LogP contribution in [0.25, 0.3) is 11.5 Å². The molecular formula is C29H29FN2O4. The Balaban J connectivity index is 1.30. The molecule has 186 valence electrons. The number of aromatic nitrogens is 1. The molecule has 0 saturated carbocycles. The van der Waals surface area contributed by atoms with Crippen LogP contribution < -0.4 is 10.1 Å². The van der Waals surface area contributed by atoms with Gasteiger partial charge in [-0.05, 0) is 49.2 Å². The van der Waals surface area contributed by atoms with E-state index in [1.807, 2.05) is 61.5 Å². The van der Waals surface area contributed by atoms with Crippen LogP contribution in [0.4, 0.5) is 4.39 Å². The summed E-state index contributed by atoms with van der Waals surface area (Å²) in [5.41, 5.74) is 3.23. The molecule has 1 atom stereocenters. The zero-order chi connectivity index (χ0) is 25.3. The van der Waals surface area contributed by atoms with Crippen molar-refractivity contribution in [3.8, 4) is 17.2 Å². The molecule has 6 nitrogen and oxygen atoms in total. The van der Waals surface area contributed by atoms with E-state index >= 15 is 0 Å². The van der Waals surface area contributed by atoms with Crippen molar-refractivity contribution in [1.82, 2.24) is 10.3 Å². The van der Waals surface area contributed by atoms with Gasteiger partial charge in [-0.25, -0.2) is 9.37 Å². The summed E-state index contributed by atoms with van der Waals surface area (Å²) < 4.78 is 30.6. The Morgan fingerprint density at radius 2 is 1.75 bits per heavy atom. The highest BCUT2D eigenvalue weighted by atomic mass is 19.1. The molecule has 7 heteroatoms. The van der Waals surface area contributed by atoms with Crippen LogP contribution in [-0.4, -0.2) is 30.7 Å². The van der Waals surface area contributed by atoms with Crippen LogP contribution in [0.15, 0.2) is 83.3 Å². The largest absolute Gasteiger partial charge is 0.493 e. The SMILES string of the molecule is COC(=O)C(Cc1ccc(OCCc2nc(-c3ccccc3)oc2C)cc1)NCc1ccccc1F. The van der Waals surface area contributed by atoms with E-state index in [0.29, 0.717) is 30.9 Å². The second kappa shape index (κ2) is 12.1. The van der Waals surface area contributed by atoms with E-state index in [2.05, 4.69) is 10.3 Å². The van der Waals surface area contributed by atoms with Crippen LogP contribution in [0.1, 0.15) is 22.6 Å². The highest BCUT2D eigenvalue weighted by Crippen LogP contribution is 2.22. The molecule has 0 radical (unpaired) electrons. The van der Waals surface area contributed by atoms with E-state index in [1.165, 1.54) is 13.2 Å². The highest BCUT2D eigenvalue weighted by Gasteiger charge is 2.20. The van der Waals surface area contributed by atoms with Gasteiger partial charge in [0.1, 0.15) is 23.4 Å². The third kappa shape index (κ3) is 6.58. The van der Waals surface area contributed by atoms with E-state index in [0.717, 1.165) is 28.3 Å². The third-order valence-corrected chi connectivity index (χ3v) is 5.87. The summed E-state index contributed by atoms with van der Waals surface area (Å²) in [5, 5.41) is 3.10. The van der Waals surface area contributed by atoms with Crippen molar-refractivity contribution in [1.29, 1.82) is 0 Å². The molecule has 1 unspecified atom stereocenters. The lowest BCUT2D eigenvalue weighted by Gasteiger charge is -2.17. The number of rotatable bonds is 11. The molecule has 0 aliphatic carbocycles. The van der Waals surface area contributed by atoms with E-state index in [1.54, 1.807) is 18.2 Å². The van der Waals surface area contributed by atoms with Gasteiger partial charge in [-0.1, -0.05) is 48.5 Å². The number of carbonyl (C=O) groups excluding carboxylic acids is 1. The molecule has 0 fully saturated rings. The Bertz CT molecular complexity index is 1270. The maximum Gasteiger partial charge on any atom is 0.323 e. The van der Waals surface area contributed by atoms with Gasteiger partial charge in [0, 0.05) is 24.1 Å². The number of hydrogen-bond acceptors (Lipinski definition) is 6. The van der Waals surface area contributed by atoms with E-state index in [-0.39, 0.29) is 12.4 Å². The van der Waals surface area contributed by atoms with Gasteiger partial charge in [-0.15, -0.1) is 0 Å². The number of methoxy groups -OCH3 is 1. The van der Waals surface area contributed by atoms with Crippen LogP contribution in [0.3, 0.4) is 0 Å². The zero-order valence-corrected chi connectivity index (χ0v) is 20.4. The monoisotopic (exact) mass is 488 g/mol. The smallest absolute Gasteiger partial charge is 0.323 e. The number of oxazole rings is 1. The molecule has 0 amide bonds. The number of esters is 1. The van der Waals surface area contributed by atoms with Crippen molar-refractivity contribution >= 4 is 5.97 Å². The fourth-order valence-electron chi connectivity index (χ4n) is 3.84. The maximum atomic E-state index is 13.9. The van der Waals surface area contributed by atoms with Crippen molar-refractivity contribution in [3.05, 3.63) is 107 Å². The first-order chi connectivity index (χ1) is 17.5. The van der Waals surface area contributed by atoms with Crippen LogP contribution in [0.2, 0.25) is 0 Å². The Kier molecular flexibility index (Phi) is 8.47. The van der Waals surface area contributed by atoms with Crippen molar-refractivity contribution in [2.45, 2.75) is 32.4 Å². The summed E-state index contributed by atoms with van der Waals surface area (Å²) in [5.74, 6) is 1.40. The Labute approximate surface area is 210 Å². The molecule has 0 bridgehead atoms. The molecule has 1 heterocycles. The fraction of sp³-hybridized carbons (Fsp3) is 0.241. The molecule has 0 aliphatic heterocycles. The second-order valence-electron chi connectivity index (χ2n) is 8.38. The molecule has 0 aliphatic rings. The second-order valence-corrected chi connectivity index (χ2v) is 8.38. The fourth-order valence-corrected chi connectivity index (χ4v) is 3.84. The quantitative estimate of drug-likeness (QED) is 0.290. The molecule has 0 saturated heterocycles. The number of halogens is 1. The van der Waals surface area contributed by atoms with Crippen LogP contribution in [0.5, 0.6) is 5.75 Å². The summed E-state index contributed by atoms with van der Waals surface area (Å²) >= 11 is 0. The molecule has 1 N–H and O–H groups in total. The molecule has 1 aromatic heterocycles. The van der Waals surface area contributed by atoms with Gasteiger partial charge in [0.15, 0.2) is 0 Å². The van der Waals surface area contributed by atoms with Crippen LogP contribution in [-0.2, 0) is 28.9 Å². The summed E-state index contributed by atoms with van der Waals surface area (Å²) in [6, 6.07) is 23.2. The molecule has 4 rings (SSSR count). The van der Waals surface area contributed by atoms with Crippen LogP contribution in [0, 0.1) is 12.7 Å². The zero-order valence-electron chi connectivity index (χ0n) is 20.4. The molecular weight excluding hydrogens is 459 g/mol. The maximum absolute atomic E-state index is 13.9. The first-order valence-electron chi connectivity index (χ1n) is 11.8. The number of carbonyl (C=O) groups is 1. The summed E-state index contributed by atoms with van der Waals surface area (Å²) in [7, 11) is 1.34. The van der Waals surface area contributed by atoms with Gasteiger partial charge in [0.25, 0.3) is 0 Å². The highest BCUT2D eigenvalue weighted by molar-refractivity contribution is 5.76. The summed E-state index contributed by atoms with van der Waals surface area (Å²) in [6.45, 7) is 2.58. The van der Waals surface area contributed by atoms with E-state index in [4.69, 9.17) is 13.9 Å². The standard InChI is InChI=1S/C29H29FN2O4/c1-20-26(32-28(36-20)22-8-4-3-5-9-22)16-17-35-24-14-12-21(13-15-24)18-27(29(33)34-2)31-19-23-10-6-7-11-25(23)30/h3-15,27,31H,16-19H2,1-2H3. The topological polar surface area (TPSA) is 73.6 Å². The first-order valence-corrected chi connectivity index (χ1v) is 11.8. The number of ether oxygens (including phenoxy) is 2. The van der Waals surface area contributed by atoms with Gasteiger partial charge >= 0.3 is 5.97 Å². The Hall–Kier alpha value is -3.97. The number of benzene rings is 3. The molecule has 0 spiro atoms. The van der Waals surface area contributed by atoms with Crippen molar-refractivity contribution in [2.75, 3.05) is 13.7 Å². The van der Waals surface area contributed by atoms with Crippen molar-refractivity contribution in [3.63, 3.8) is 0 Å². The molecule has 3 aromatic carbocycles. The third-order valence-electron chi connectivity index (χ3n) is 5.87. The average Bonchev–Trinajstić information content (AvgIpc) is 3.28. The van der Waals surface area contributed by atoms with Gasteiger partial charge in [0.2, 0.25) is 5.89 Å². The summed E-state index contributed by atoms with van der Waals surface area (Å²) in [6.07, 6.45) is 1.02. The van der Waals surface area contributed by atoms with E-state index in [9.17, 15) is 9.18 Å². The average molecular weight is 489 g/mol.